The Morgan fingerprint density at radius 2 is 2.33 bits per heavy atom. The molecular formula is C6H4ClNO3S. The number of hydrogen-bond donors (Lipinski definition) is 0. The number of nitrogens with zero attached hydrogens (tertiary/aromatic N) is 1. The molecule has 1 aromatic rings. The molecule has 12 heavy (non-hydrogen) atoms. The molecule has 0 spiro atoms. The monoisotopic (exact) mass is 205 g/mol. The number of ether oxygens (including phenoxy) is 1. The van der Waals surface area contributed by atoms with Gasteiger partial charge in [-0.15, -0.1) is 11.3 Å². The van der Waals surface area contributed by atoms with Crippen molar-refractivity contribution >= 4 is 34.1 Å². The van der Waals surface area contributed by atoms with Crippen LogP contribution in [0.15, 0.2) is 5.38 Å². The van der Waals surface area contributed by atoms with E-state index in [1.165, 1.54) is 12.5 Å². The first-order valence-electron chi connectivity index (χ1n) is 2.89. The number of carbonyl (C=O) groups is 2. The number of thiazole rings is 1. The first-order valence-corrected chi connectivity index (χ1v) is 4.14. The van der Waals surface area contributed by atoms with Crippen LogP contribution in [0.25, 0.3) is 0 Å². The van der Waals surface area contributed by atoms with Crippen LogP contribution in [0.4, 0.5) is 0 Å². The number of hydrogen-bond acceptors (Lipinski definition) is 5. The van der Waals surface area contributed by atoms with Gasteiger partial charge >= 0.3 is 5.97 Å². The average molecular weight is 206 g/mol. The number of rotatable bonds is 2. The van der Waals surface area contributed by atoms with Gasteiger partial charge in [0.1, 0.15) is 0 Å². The molecule has 0 atom stereocenters. The van der Waals surface area contributed by atoms with Gasteiger partial charge in [-0.05, 0) is 11.6 Å². The van der Waals surface area contributed by atoms with Gasteiger partial charge in [0, 0.05) is 5.38 Å². The number of halogens is 1. The summed E-state index contributed by atoms with van der Waals surface area (Å²) in [7, 11) is 1.24. The standard InChI is InChI=1S/C6H4ClNO3S/c1-11-6(10)3-2-12-5(8-3)4(7)9/h2H,1H3. The Morgan fingerprint density at radius 3 is 2.75 bits per heavy atom. The van der Waals surface area contributed by atoms with E-state index in [-0.39, 0.29) is 10.7 Å². The summed E-state index contributed by atoms with van der Waals surface area (Å²) in [6.45, 7) is 0. The van der Waals surface area contributed by atoms with Crippen molar-refractivity contribution in [2.24, 2.45) is 0 Å². The second-order valence-corrected chi connectivity index (χ2v) is 3.00. The fraction of sp³-hybridized carbons (Fsp3) is 0.167. The van der Waals surface area contributed by atoms with Crippen LogP contribution in [-0.2, 0) is 4.74 Å². The van der Waals surface area contributed by atoms with E-state index in [1.54, 1.807) is 0 Å². The molecule has 4 nitrogen and oxygen atoms in total. The summed E-state index contributed by atoms with van der Waals surface area (Å²) in [6, 6.07) is 0. The molecule has 0 amide bonds. The summed E-state index contributed by atoms with van der Waals surface area (Å²) in [6.07, 6.45) is 0. The Hall–Kier alpha value is -0.940. The number of methoxy groups -OCH3 is 1. The van der Waals surface area contributed by atoms with Gasteiger partial charge in [0.2, 0.25) is 0 Å². The zero-order valence-corrected chi connectivity index (χ0v) is 7.61. The average Bonchev–Trinajstić information content (AvgIpc) is 2.51. The second-order valence-electron chi connectivity index (χ2n) is 1.80. The first kappa shape index (κ1) is 9.15. The molecule has 0 saturated carbocycles. The molecule has 64 valence electrons. The van der Waals surface area contributed by atoms with Crippen LogP contribution in [0.2, 0.25) is 0 Å². The first-order chi connectivity index (χ1) is 5.65. The van der Waals surface area contributed by atoms with E-state index < -0.39 is 11.2 Å². The topological polar surface area (TPSA) is 56.3 Å². The van der Waals surface area contributed by atoms with Crippen LogP contribution in [0.1, 0.15) is 20.3 Å². The van der Waals surface area contributed by atoms with Crippen molar-refractivity contribution in [2.45, 2.75) is 0 Å². The lowest BCUT2D eigenvalue weighted by molar-refractivity contribution is 0.0595. The van der Waals surface area contributed by atoms with Crippen molar-refractivity contribution in [1.82, 2.24) is 4.98 Å². The van der Waals surface area contributed by atoms with Gasteiger partial charge in [-0.1, -0.05) is 0 Å². The fourth-order valence-corrected chi connectivity index (χ4v) is 1.35. The number of esters is 1. The summed E-state index contributed by atoms with van der Waals surface area (Å²) in [5.41, 5.74) is 0.103. The molecule has 0 aliphatic rings. The predicted octanol–water partition coefficient (Wildman–Crippen LogP) is 1.31. The third kappa shape index (κ3) is 1.80. The second kappa shape index (κ2) is 3.64. The lowest BCUT2D eigenvalue weighted by Gasteiger charge is -1.90. The van der Waals surface area contributed by atoms with Crippen LogP contribution in [-0.4, -0.2) is 23.3 Å². The van der Waals surface area contributed by atoms with Gasteiger partial charge in [-0.2, -0.15) is 0 Å². The number of carbonyl (C=O) groups excluding carboxylic acids is 2. The highest BCUT2D eigenvalue weighted by atomic mass is 35.5. The largest absolute Gasteiger partial charge is 0.464 e. The highest BCUT2D eigenvalue weighted by molar-refractivity contribution is 7.13. The normalized spacial score (nSPS) is 9.50. The lowest BCUT2D eigenvalue weighted by atomic mass is 10.5. The summed E-state index contributed by atoms with van der Waals surface area (Å²) in [5.74, 6) is -0.574. The van der Waals surface area contributed by atoms with Crippen molar-refractivity contribution in [3.8, 4) is 0 Å². The Kier molecular flexibility index (Phi) is 2.78. The maximum atomic E-state index is 10.8. The van der Waals surface area contributed by atoms with E-state index in [4.69, 9.17) is 11.6 Å². The van der Waals surface area contributed by atoms with Crippen molar-refractivity contribution < 1.29 is 14.3 Å². The van der Waals surface area contributed by atoms with E-state index in [0.717, 1.165) is 11.3 Å². The molecule has 1 aromatic heterocycles. The molecule has 6 heteroatoms. The van der Waals surface area contributed by atoms with Crippen LogP contribution in [0, 0.1) is 0 Å². The molecule has 0 bridgehead atoms. The van der Waals surface area contributed by atoms with Crippen LogP contribution >= 0.6 is 22.9 Å². The highest BCUT2D eigenvalue weighted by Crippen LogP contribution is 2.12. The third-order valence-corrected chi connectivity index (χ3v) is 2.20. The molecule has 1 heterocycles. The Bertz CT molecular complexity index is 322. The minimum absolute atomic E-state index is 0.0945. The van der Waals surface area contributed by atoms with Crippen molar-refractivity contribution in [3.05, 3.63) is 16.1 Å². The minimum atomic E-state index is -0.671. The SMILES string of the molecule is COC(=O)c1csc(C(=O)Cl)n1. The zero-order chi connectivity index (χ0) is 9.14. The van der Waals surface area contributed by atoms with Crippen molar-refractivity contribution in [1.29, 1.82) is 0 Å². The predicted molar refractivity (Wildman–Crippen MR) is 43.6 cm³/mol. The van der Waals surface area contributed by atoms with Crippen molar-refractivity contribution in [3.63, 3.8) is 0 Å². The Labute approximate surface area is 77.1 Å². The summed E-state index contributed by atoms with van der Waals surface area (Å²) >= 11 is 6.13. The minimum Gasteiger partial charge on any atom is -0.464 e. The van der Waals surface area contributed by atoms with E-state index in [1.807, 2.05) is 0 Å². The highest BCUT2D eigenvalue weighted by Gasteiger charge is 2.13. The maximum Gasteiger partial charge on any atom is 0.357 e. The Morgan fingerprint density at radius 1 is 1.67 bits per heavy atom. The quantitative estimate of drug-likeness (QED) is 0.540. The summed E-state index contributed by atoms with van der Waals surface area (Å²) in [4.78, 5) is 25.0. The number of aromatic nitrogens is 1. The van der Waals surface area contributed by atoms with Gasteiger partial charge < -0.3 is 4.74 Å². The van der Waals surface area contributed by atoms with Gasteiger partial charge in [-0.25, -0.2) is 9.78 Å². The van der Waals surface area contributed by atoms with E-state index >= 15 is 0 Å². The Balaban J connectivity index is 2.91. The molecule has 0 N–H and O–H groups in total. The van der Waals surface area contributed by atoms with E-state index in [2.05, 4.69) is 9.72 Å². The van der Waals surface area contributed by atoms with Gasteiger partial charge in [0.15, 0.2) is 10.7 Å². The smallest absolute Gasteiger partial charge is 0.357 e. The molecular weight excluding hydrogens is 202 g/mol. The molecule has 0 unspecified atom stereocenters. The molecule has 0 aliphatic heterocycles. The summed E-state index contributed by atoms with van der Waals surface area (Å²) < 4.78 is 4.38. The zero-order valence-electron chi connectivity index (χ0n) is 6.04. The van der Waals surface area contributed by atoms with E-state index in [0.29, 0.717) is 0 Å². The lowest BCUT2D eigenvalue weighted by Crippen LogP contribution is -2.01. The maximum absolute atomic E-state index is 10.8. The third-order valence-electron chi connectivity index (χ3n) is 1.07. The molecule has 0 fully saturated rings. The van der Waals surface area contributed by atoms with E-state index in [9.17, 15) is 9.59 Å². The summed E-state index contributed by atoms with van der Waals surface area (Å²) in [5, 5.41) is 0.841. The van der Waals surface area contributed by atoms with Crippen LogP contribution in [0.3, 0.4) is 0 Å². The molecule has 1 rings (SSSR count). The van der Waals surface area contributed by atoms with Gasteiger partial charge in [-0.3, -0.25) is 4.79 Å². The van der Waals surface area contributed by atoms with Crippen LogP contribution < -0.4 is 0 Å². The fourth-order valence-electron chi connectivity index (χ4n) is 0.562. The molecule has 0 aromatic carbocycles. The van der Waals surface area contributed by atoms with Gasteiger partial charge in [0.05, 0.1) is 7.11 Å². The molecule has 0 aliphatic carbocycles. The molecule has 0 saturated heterocycles. The van der Waals surface area contributed by atoms with Crippen molar-refractivity contribution in [2.75, 3.05) is 7.11 Å². The van der Waals surface area contributed by atoms with Gasteiger partial charge in [0.25, 0.3) is 5.24 Å². The molecule has 0 radical (unpaired) electrons. The van der Waals surface area contributed by atoms with Crippen LogP contribution in [0.5, 0.6) is 0 Å².